The van der Waals surface area contributed by atoms with Crippen LogP contribution in [0.15, 0.2) is 11.1 Å². The number of piperidine rings is 1. The first-order valence-corrected chi connectivity index (χ1v) is 13.0. The third-order valence-electron chi connectivity index (χ3n) is 6.85. The molecular formula is C21H33N5O3S. The highest BCUT2D eigenvalue weighted by molar-refractivity contribution is 7.90. The van der Waals surface area contributed by atoms with Gasteiger partial charge in [0.05, 0.1) is 11.9 Å². The van der Waals surface area contributed by atoms with Crippen molar-refractivity contribution in [3.05, 3.63) is 11.9 Å². The minimum atomic E-state index is -3.41. The predicted octanol–water partition coefficient (Wildman–Crippen LogP) is 1.53. The molecule has 2 saturated heterocycles. The minimum Gasteiger partial charge on any atom is -0.342 e. The predicted molar refractivity (Wildman–Crippen MR) is 115 cm³/mol. The number of carbonyl (C=O) groups excluding carboxylic acids is 1. The fourth-order valence-electron chi connectivity index (χ4n) is 4.92. The maximum Gasteiger partial charge on any atom is 0.225 e. The van der Waals surface area contributed by atoms with E-state index >= 15 is 0 Å². The molecule has 1 saturated carbocycles. The van der Waals surface area contributed by atoms with Crippen LogP contribution in [-0.2, 0) is 14.6 Å². The van der Waals surface area contributed by atoms with Crippen LogP contribution < -0.4 is 4.90 Å². The van der Waals surface area contributed by atoms with Crippen LogP contribution in [0.2, 0.25) is 0 Å². The second-order valence-corrected chi connectivity index (χ2v) is 11.0. The van der Waals surface area contributed by atoms with Crippen molar-refractivity contribution >= 4 is 21.7 Å². The van der Waals surface area contributed by atoms with Crippen LogP contribution in [0.5, 0.6) is 0 Å². The van der Waals surface area contributed by atoms with Gasteiger partial charge in [-0.15, -0.1) is 0 Å². The van der Waals surface area contributed by atoms with E-state index in [4.69, 9.17) is 4.98 Å². The molecule has 9 heteroatoms. The lowest BCUT2D eigenvalue weighted by molar-refractivity contribution is -0.136. The second-order valence-electron chi connectivity index (χ2n) is 9.06. The number of amides is 1. The molecule has 0 atom stereocenters. The Bertz CT molecular complexity index is 869. The maximum absolute atomic E-state index is 12.8. The summed E-state index contributed by atoms with van der Waals surface area (Å²) in [7, 11) is -1.32. The van der Waals surface area contributed by atoms with Crippen LogP contribution in [0.3, 0.4) is 0 Å². The van der Waals surface area contributed by atoms with Crippen LogP contribution in [-0.4, -0.2) is 86.7 Å². The number of hydrogen-bond donors (Lipinski definition) is 0. The molecule has 0 bridgehead atoms. The molecule has 0 unspecified atom stereocenters. The van der Waals surface area contributed by atoms with E-state index in [9.17, 15) is 13.2 Å². The van der Waals surface area contributed by atoms with Crippen molar-refractivity contribution in [3.8, 4) is 0 Å². The molecule has 30 heavy (non-hydrogen) atoms. The van der Waals surface area contributed by atoms with E-state index < -0.39 is 9.84 Å². The van der Waals surface area contributed by atoms with Gasteiger partial charge in [0, 0.05) is 57.4 Å². The number of likely N-dealkylation sites (N-methyl/N-ethyl adjacent to an activating group) is 1. The zero-order chi connectivity index (χ0) is 21.3. The van der Waals surface area contributed by atoms with E-state index in [1.54, 1.807) is 0 Å². The Morgan fingerprint density at radius 2 is 1.63 bits per heavy atom. The number of hydrogen-bond acceptors (Lipinski definition) is 7. The van der Waals surface area contributed by atoms with E-state index in [0.29, 0.717) is 24.7 Å². The van der Waals surface area contributed by atoms with Crippen LogP contribution in [0.25, 0.3) is 0 Å². The molecule has 3 heterocycles. The van der Waals surface area contributed by atoms with E-state index in [1.165, 1.54) is 12.5 Å². The monoisotopic (exact) mass is 435 g/mol. The summed E-state index contributed by atoms with van der Waals surface area (Å²) in [5.74, 6) is 1.14. The fraction of sp³-hybridized carbons (Fsp3) is 0.762. The molecule has 1 amide bonds. The topological polar surface area (TPSA) is 86.7 Å². The molecule has 0 spiro atoms. The average molecular weight is 436 g/mol. The van der Waals surface area contributed by atoms with Crippen LogP contribution in [0.4, 0.5) is 5.95 Å². The van der Waals surface area contributed by atoms with E-state index in [-0.39, 0.29) is 22.6 Å². The lowest BCUT2D eigenvalue weighted by Crippen LogP contribution is -2.45. The molecule has 0 radical (unpaired) electrons. The quantitative estimate of drug-likeness (QED) is 0.709. The minimum absolute atomic E-state index is 0.0385. The third kappa shape index (κ3) is 4.61. The fourth-order valence-corrected chi connectivity index (χ4v) is 5.75. The largest absolute Gasteiger partial charge is 0.342 e. The van der Waals surface area contributed by atoms with Gasteiger partial charge < -0.3 is 14.7 Å². The molecule has 1 aromatic rings. The van der Waals surface area contributed by atoms with Crippen molar-refractivity contribution in [3.63, 3.8) is 0 Å². The van der Waals surface area contributed by atoms with Crippen molar-refractivity contribution in [2.45, 2.75) is 49.3 Å². The molecule has 4 rings (SSSR count). The normalized spacial score (nSPS) is 22.6. The molecule has 3 aliphatic rings. The van der Waals surface area contributed by atoms with Crippen LogP contribution >= 0.6 is 0 Å². The second kappa shape index (κ2) is 8.78. The molecule has 2 aliphatic heterocycles. The first-order chi connectivity index (χ1) is 14.3. The van der Waals surface area contributed by atoms with Gasteiger partial charge in [0.2, 0.25) is 11.9 Å². The Labute approximate surface area is 179 Å². The Morgan fingerprint density at radius 1 is 1.00 bits per heavy atom. The molecule has 166 valence electrons. The zero-order valence-corrected chi connectivity index (χ0v) is 18.9. The lowest BCUT2D eigenvalue weighted by Gasteiger charge is -2.35. The van der Waals surface area contributed by atoms with Gasteiger partial charge >= 0.3 is 0 Å². The number of rotatable bonds is 4. The van der Waals surface area contributed by atoms with Gasteiger partial charge in [0.15, 0.2) is 9.84 Å². The van der Waals surface area contributed by atoms with Gasteiger partial charge in [0.1, 0.15) is 4.90 Å². The highest BCUT2D eigenvalue weighted by Crippen LogP contribution is 2.34. The Kier molecular flexibility index (Phi) is 6.29. The highest BCUT2D eigenvalue weighted by atomic mass is 32.2. The van der Waals surface area contributed by atoms with Gasteiger partial charge in [0.25, 0.3) is 0 Å². The van der Waals surface area contributed by atoms with Crippen molar-refractivity contribution in [2.24, 2.45) is 5.92 Å². The maximum atomic E-state index is 12.8. The lowest BCUT2D eigenvalue weighted by atomic mass is 9.92. The number of sulfone groups is 1. The first-order valence-electron chi connectivity index (χ1n) is 11.1. The van der Waals surface area contributed by atoms with E-state index in [2.05, 4.69) is 21.8 Å². The molecule has 0 aromatic carbocycles. The highest BCUT2D eigenvalue weighted by Gasteiger charge is 2.33. The Morgan fingerprint density at radius 3 is 2.23 bits per heavy atom. The number of aromatic nitrogens is 2. The van der Waals surface area contributed by atoms with Crippen molar-refractivity contribution in [2.75, 3.05) is 57.5 Å². The summed E-state index contributed by atoms with van der Waals surface area (Å²) >= 11 is 0. The summed E-state index contributed by atoms with van der Waals surface area (Å²) in [6.07, 6.45) is 8.54. The smallest absolute Gasteiger partial charge is 0.225 e. The van der Waals surface area contributed by atoms with Crippen molar-refractivity contribution < 1.29 is 13.2 Å². The number of likely N-dealkylation sites (tertiary alicyclic amines) is 1. The van der Waals surface area contributed by atoms with Gasteiger partial charge in [-0.2, -0.15) is 0 Å². The molecule has 0 N–H and O–H groups in total. The summed E-state index contributed by atoms with van der Waals surface area (Å²) in [5, 5.41) is 0. The van der Waals surface area contributed by atoms with E-state index in [1.807, 2.05) is 4.90 Å². The Balaban J connectivity index is 1.52. The van der Waals surface area contributed by atoms with E-state index in [0.717, 1.165) is 64.7 Å². The van der Waals surface area contributed by atoms with Crippen molar-refractivity contribution in [1.29, 1.82) is 0 Å². The number of carbonyl (C=O) groups is 1. The number of anilines is 1. The SMILES string of the molecule is CN1CCN(c2ncc(S(C)(=O)=O)c(C3CCN(C(=O)C4CCCC4)CC3)n2)CC1. The molecule has 1 aromatic heterocycles. The molecular weight excluding hydrogens is 402 g/mol. The van der Waals surface area contributed by atoms with Gasteiger partial charge in [-0.25, -0.2) is 18.4 Å². The molecule has 8 nitrogen and oxygen atoms in total. The zero-order valence-electron chi connectivity index (χ0n) is 18.1. The molecule has 1 aliphatic carbocycles. The third-order valence-corrected chi connectivity index (χ3v) is 7.97. The number of piperazine rings is 1. The summed E-state index contributed by atoms with van der Waals surface area (Å²) in [6.45, 7) is 4.90. The van der Waals surface area contributed by atoms with Crippen molar-refractivity contribution in [1.82, 2.24) is 19.8 Å². The van der Waals surface area contributed by atoms with Crippen LogP contribution in [0, 0.1) is 5.92 Å². The van der Waals surface area contributed by atoms with Crippen LogP contribution in [0.1, 0.15) is 50.1 Å². The summed E-state index contributed by atoms with van der Waals surface area (Å²) < 4.78 is 24.8. The Hall–Kier alpha value is -1.74. The first kappa shape index (κ1) is 21.5. The molecule has 3 fully saturated rings. The van der Waals surface area contributed by atoms with Gasteiger partial charge in [-0.3, -0.25) is 4.79 Å². The number of nitrogens with zero attached hydrogens (tertiary/aromatic N) is 5. The standard InChI is InChI=1S/C21H33N5O3S/c1-24-11-13-26(14-12-24)21-22-15-18(30(2,28)29)19(23-21)16-7-9-25(10-8-16)20(27)17-5-3-4-6-17/h15-17H,3-14H2,1-2H3. The van der Waals surface area contributed by atoms with Gasteiger partial charge in [-0.1, -0.05) is 12.8 Å². The van der Waals surface area contributed by atoms with Gasteiger partial charge in [-0.05, 0) is 32.7 Å². The summed E-state index contributed by atoms with van der Waals surface area (Å²) in [4.78, 5) is 28.5. The summed E-state index contributed by atoms with van der Waals surface area (Å²) in [5.41, 5.74) is 0.634. The average Bonchev–Trinajstić information content (AvgIpc) is 3.28. The summed E-state index contributed by atoms with van der Waals surface area (Å²) in [6, 6.07) is 0.